The van der Waals surface area contributed by atoms with Crippen LogP contribution >= 0.6 is 0 Å². The van der Waals surface area contributed by atoms with Crippen molar-refractivity contribution < 1.29 is 14.3 Å². The van der Waals surface area contributed by atoms with Crippen LogP contribution in [0.25, 0.3) is 16.6 Å². The highest BCUT2D eigenvalue weighted by atomic mass is 16.5. The van der Waals surface area contributed by atoms with Crippen molar-refractivity contribution in [3.63, 3.8) is 0 Å². The zero-order chi connectivity index (χ0) is 20.4. The van der Waals surface area contributed by atoms with Gasteiger partial charge in [0.05, 0.1) is 30.7 Å². The minimum absolute atomic E-state index is 0.211. The fourth-order valence-corrected chi connectivity index (χ4v) is 3.22. The largest absolute Gasteiger partial charge is 0.497 e. The number of nitrogens with one attached hydrogen (secondary N) is 1. The van der Waals surface area contributed by atoms with E-state index in [4.69, 9.17) is 9.47 Å². The molecule has 0 aliphatic heterocycles. The Labute approximate surface area is 166 Å². The minimum Gasteiger partial charge on any atom is -0.497 e. The van der Waals surface area contributed by atoms with Crippen molar-refractivity contribution in [3.05, 3.63) is 82.3 Å². The maximum Gasteiger partial charge on any atom is 0.265 e. The van der Waals surface area contributed by atoms with Crippen LogP contribution in [0.15, 0.2) is 65.6 Å². The van der Waals surface area contributed by atoms with E-state index in [9.17, 15) is 9.59 Å². The molecule has 2 aromatic carbocycles. The summed E-state index contributed by atoms with van der Waals surface area (Å²) in [7, 11) is 3.14. The number of amides is 1. The van der Waals surface area contributed by atoms with Gasteiger partial charge in [-0.3, -0.25) is 14.0 Å². The summed E-state index contributed by atoms with van der Waals surface area (Å²) in [5.41, 5.74) is 1.78. The molecule has 0 saturated heterocycles. The van der Waals surface area contributed by atoms with E-state index >= 15 is 0 Å². The summed E-state index contributed by atoms with van der Waals surface area (Å²) in [6, 6.07) is 15.8. The molecule has 0 spiro atoms. The Balaban J connectivity index is 1.68. The Kier molecular flexibility index (Phi) is 4.87. The lowest BCUT2D eigenvalue weighted by molar-refractivity contribution is 0.0951. The summed E-state index contributed by atoms with van der Waals surface area (Å²) in [6.45, 7) is 0.255. The standard InChI is InChI=1S/C22H19N3O4/c1-28-15-10-9-14(19(12-15)29-2)13-23-21(26)17-7-5-11-25-20(17)24-18-8-4-3-6-16(18)22(25)27/h3-12H,13H2,1-2H3,(H,23,26). The predicted octanol–water partition coefficient (Wildman–Crippen LogP) is 2.79. The van der Waals surface area contributed by atoms with E-state index in [1.54, 1.807) is 62.9 Å². The molecular weight excluding hydrogens is 370 g/mol. The van der Waals surface area contributed by atoms with Gasteiger partial charge in [0.2, 0.25) is 0 Å². The number of hydrogen-bond acceptors (Lipinski definition) is 5. The molecule has 0 unspecified atom stereocenters. The number of rotatable bonds is 5. The molecule has 4 aromatic rings. The van der Waals surface area contributed by atoms with Crippen molar-refractivity contribution >= 4 is 22.5 Å². The van der Waals surface area contributed by atoms with Gasteiger partial charge < -0.3 is 14.8 Å². The van der Waals surface area contributed by atoms with Gasteiger partial charge in [-0.1, -0.05) is 12.1 Å². The quantitative estimate of drug-likeness (QED) is 0.531. The number of pyridine rings is 1. The number of nitrogens with zero attached hydrogens (tertiary/aromatic N) is 2. The van der Waals surface area contributed by atoms with Crippen LogP contribution in [0.2, 0.25) is 0 Å². The van der Waals surface area contributed by atoms with Gasteiger partial charge in [0.25, 0.3) is 11.5 Å². The number of para-hydroxylation sites is 1. The van der Waals surface area contributed by atoms with Crippen molar-refractivity contribution in [1.29, 1.82) is 0 Å². The van der Waals surface area contributed by atoms with Crippen LogP contribution in [0.1, 0.15) is 15.9 Å². The van der Waals surface area contributed by atoms with E-state index in [0.29, 0.717) is 33.6 Å². The van der Waals surface area contributed by atoms with E-state index in [2.05, 4.69) is 10.3 Å². The first kappa shape index (κ1) is 18.5. The van der Waals surface area contributed by atoms with Crippen LogP contribution in [-0.2, 0) is 6.54 Å². The zero-order valence-electron chi connectivity index (χ0n) is 16.0. The molecular formula is C22H19N3O4. The smallest absolute Gasteiger partial charge is 0.265 e. The first-order chi connectivity index (χ1) is 14.1. The van der Waals surface area contributed by atoms with Crippen LogP contribution < -0.4 is 20.3 Å². The Bertz CT molecular complexity index is 1280. The molecule has 0 radical (unpaired) electrons. The third kappa shape index (κ3) is 3.38. The van der Waals surface area contributed by atoms with Gasteiger partial charge in [0.15, 0.2) is 5.65 Å². The fourth-order valence-electron chi connectivity index (χ4n) is 3.22. The van der Waals surface area contributed by atoms with Crippen LogP contribution in [0.3, 0.4) is 0 Å². The molecule has 1 amide bonds. The Morgan fingerprint density at radius 3 is 2.69 bits per heavy atom. The third-order valence-electron chi connectivity index (χ3n) is 4.72. The van der Waals surface area contributed by atoms with Crippen LogP contribution in [0.5, 0.6) is 11.5 Å². The van der Waals surface area contributed by atoms with Crippen LogP contribution in [0, 0.1) is 0 Å². The number of carbonyl (C=O) groups is 1. The van der Waals surface area contributed by atoms with Crippen molar-refractivity contribution in [1.82, 2.24) is 14.7 Å². The second-order valence-corrected chi connectivity index (χ2v) is 6.41. The highest BCUT2D eigenvalue weighted by Gasteiger charge is 2.15. The lowest BCUT2D eigenvalue weighted by Gasteiger charge is -2.12. The summed E-state index contributed by atoms with van der Waals surface area (Å²) in [4.78, 5) is 30.2. The molecule has 4 rings (SSSR count). The van der Waals surface area contributed by atoms with Gasteiger partial charge in [0.1, 0.15) is 11.5 Å². The molecule has 0 aliphatic rings. The minimum atomic E-state index is -0.330. The van der Waals surface area contributed by atoms with E-state index in [1.165, 1.54) is 4.40 Å². The summed E-state index contributed by atoms with van der Waals surface area (Å²) in [5, 5.41) is 3.38. The van der Waals surface area contributed by atoms with E-state index in [1.807, 2.05) is 12.1 Å². The van der Waals surface area contributed by atoms with Crippen molar-refractivity contribution in [2.75, 3.05) is 14.2 Å². The highest BCUT2D eigenvalue weighted by Crippen LogP contribution is 2.24. The number of fused-ring (bicyclic) bond motifs is 2. The fraction of sp³-hybridized carbons (Fsp3) is 0.136. The number of aromatic nitrogens is 2. The van der Waals surface area contributed by atoms with Gasteiger partial charge >= 0.3 is 0 Å². The van der Waals surface area contributed by atoms with Gasteiger partial charge in [-0.25, -0.2) is 4.98 Å². The van der Waals surface area contributed by atoms with Crippen LogP contribution in [-0.4, -0.2) is 29.5 Å². The maximum absolute atomic E-state index is 12.9. The lowest BCUT2D eigenvalue weighted by atomic mass is 10.1. The first-order valence-electron chi connectivity index (χ1n) is 9.01. The zero-order valence-corrected chi connectivity index (χ0v) is 16.0. The molecule has 29 heavy (non-hydrogen) atoms. The Morgan fingerprint density at radius 1 is 1.07 bits per heavy atom. The Morgan fingerprint density at radius 2 is 1.90 bits per heavy atom. The second kappa shape index (κ2) is 7.63. The Hall–Kier alpha value is -3.87. The topological polar surface area (TPSA) is 81.9 Å². The van der Waals surface area contributed by atoms with E-state index in [0.717, 1.165) is 5.56 Å². The molecule has 0 fully saturated rings. The summed E-state index contributed by atoms with van der Waals surface area (Å²) in [6.07, 6.45) is 1.61. The van der Waals surface area contributed by atoms with Gasteiger partial charge in [0, 0.05) is 24.4 Å². The van der Waals surface area contributed by atoms with Crippen molar-refractivity contribution in [2.24, 2.45) is 0 Å². The third-order valence-corrected chi connectivity index (χ3v) is 4.72. The summed E-state index contributed by atoms with van der Waals surface area (Å²) < 4.78 is 12.0. The number of benzene rings is 2. The molecule has 146 valence electrons. The number of ether oxygens (including phenoxy) is 2. The molecule has 0 saturated carbocycles. The maximum atomic E-state index is 12.9. The van der Waals surface area contributed by atoms with E-state index in [-0.39, 0.29) is 18.0 Å². The lowest BCUT2D eigenvalue weighted by Crippen LogP contribution is -2.25. The molecule has 2 heterocycles. The van der Waals surface area contributed by atoms with Gasteiger partial charge in [-0.15, -0.1) is 0 Å². The monoisotopic (exact) mass is 389 g/mol. The summed E-state index contributed by atoms with van der Waals surface area (Å²) in [5.74, 6) is 0.951. The average Bonchev–Trinajstić information content (AvgIpc) is 2.77. The SMILES string of the molecule is COc1ccc(CNC(=O)c2cccn3c(=O)c4ccccc4nc23)c(OC)c1. The molecule has 7 nitrogen and oxygen atoms in total. The van der Waals surface area contributed by atoms with Gasteiger partial charge in [-0.2, -0.15) is 0 Å². The normalized spacial score (nSPS) is 10.8. The van der Waals surface area contributed by atoms with Crippen molar-refractivity contribution in [2.45, 2.75) is 6.54 Å². The van der Waals surface area contributed by atoms with Gasteiger partial charge in [-0.05, 0) is 36.4 Å². The second-order valence-electron chi connectivity index (χ2n) is 6.41. The summed E-state index contributed by atoms with van der Waals surface area (Å²) >= 11 is 0. The molecule has 7 heteroatoms. The van der Waals surface area contributed by atoms with E-state index < -0.39 is 0 Å². The van der Waals surface area contributed by atoms with Crippen LogP contribution in [0.4, 0.5) is 0 Å². The average molecular weight is 389 g/mol. The highest BCUT2D eigenvalue weighted by molar-refractivity contribution is 6.00. The molecule has 0 aliphatic carbocycles. The molecule has 2 aromatic heterocycles. The molecule has 0 bridgehead atoms. The first-order valence-corrected chi connectivity index (χ1v) is 9.01. The number of hydrogen-bond donors (Lipinski definition) is 1. The number of methoxy groups -OCH3 is 2. The predicted molar refractivity (Wildman–Crippen MR) is 110 cm³/mol. The molecule has 0 atom stereocenters. The molecule has 1 N–H and O–H groups in total. The number of carbonyl (C=O) groups excluding carboxylic acids is 1. The van der Waals surface area contributed by atoms with Crippen molar-refractivity contribution in [3.8, 4) is 11.5 Å².